The number of likely N-dealkylation sites (N-methyl/N-ethyl adjacent to an activating group) is 1. The SMILES string of the molecule is CCN(CC)C(=O)C(C)NS(=O)(=O)c1cc(N)ccc1Cl. The molecule has 3 N–H and O–H groups in total. The van der Waals surface area contributed by atoms with Crippen LogP contribution in [0.2, 0.25) is 5.02 Å². The van der Waals surface area contributed by atoms with Crippen LogP contribution in [0.1, 0.15) is 20.8 Å². The fourth-order valence-corrected chi connectivity index (χ4v) is 3.61. The summed E-state index contributed by atoms with van der Waals surface area (Å²) in [4.78, 5) is 13.5. The zero-order chi connectivity index (χ0) is 16.2. The molecule has 0 aliphatic rings. The molecule has 1 aromatic rings. The van der Waals surface area contributed by atoms with Crippen LogP contribution in [0, 0.1) is 0 Å². The molecular weight excluding hydrogens is 314 g/mol. The van der Waals surface area contributed by atoms with Crippen LogP contribution in [0.3, 0.4) is 0 Å². The first-order chi connectivity index (χ1) is 9.72. The zero-order valence-electron chi connectivity index (χ0n) is 12.3. The van der Waals surface area contributed by atoms with Gasteiger partial charge in [0.1, 0.15) is 4.90 Å². The van der Waals surface area contributed by atoms with Crippen LogP contribution in [-0.2, 0) is 14.8 Å². The molecule has 0 saturated heterocycles. The summed E-state index contributed by atoms with van der Waals surface area (Å²) < 4.78 is 26.9. The summed E-state index contributed by atoms with van der Waals surface area (Å²) in [6.45, 7) is 6.19. The number of nitrogens with zero attached hydrogens (tertiary/aromatic N) is 1. The Balaban J connectivity index is 3.00. The van der Waals surface area contributed by atoms with Gasteiger partial charge in [0.15, 0.2) is 0 Å². The van der Waals surface area contributed by atoms with E-state index in [1.165, 1.54) is 25.1 Å². The molecule has 0 aliphatic carbocycles. The number of hydrogen-bond acceptors (Lipinski definition) is 4. The largest absolute Gasteiger partial charge is 0.399 e. The van der Waals surface area contributed by atoms with Crippen LogP contribution in [0.15, 0.2) is 23.1 Å². The maximum absolute atomic E-state index is 12.3. The Morgan fingerprint density at radius 3 is 2.48 bits per heavy atom. The van der Waals surface area contributed by atoms with Crippen molar-refractivity contribution in [3.63, 3.8) is 0 Å². The number of nitrogens with one attached hydrogen (secondary N) is 1. The molecule has 1 aromatic carbocycles. The summed E-state index contributed by atoms with van der Waals surface area (Å²) in [6, 6.07) is 3.29. The highest BCUT2D eigenvalue weighted by Crippen LogP contribution is 2.23. The molecule has 0 fully saturated rings. The third kappa shape index (κ3) is 4.33. The van der Waals surface area contributed by atoms with Gasteiger partial charge in [0.25, 0.3) is 0 Å². The van der Waals surface area contributed by atoms with Crippen LogP contribution >= 0.6 is 11.6 Å². The Labute approximate surface area is 130 Å². The summed E-state index contributed by atoms with van der Waals surface area (Å²) in [7, 11) is -3.92. The summed E-state index contributed by atoms with van der Waals surface area (Å²) in [5.41, 5.74) is 5.86. The molecule has 21 heavy (non-hydrogen) atoms. The topological polar surface area (TPSA) is 92.5 Å². The summed E-state index contributed by atoms with van der Waals surface area (Å²) >= 11 is 5.89. The Bertz CT molecular complexity index is 615. The van der Waals surface area contributed by atoms with Crippen molar-refractivity contribution in [2.24, 2.45) is 0 Å². The van der Waals surface area contributed by atoms with Crippen molar-refractivity contribution in [1.29, 1.82) is 0 Å². The number of rotatable bonds is 6. The third-order valence-electron chi connectivity index (χ3n) is 3.02. The second-order valence-corrected chi connectivity index (χ2v) is 6.63. The molecule has 1 amide bonds. The molecular formula is C13H20ClN3O3S. The number of carbonyl (C=O) groups is 1. The van der Waals surface area contributed by atoms with E-state index in [4.69, 9.17) is 17.3 Å². The van der Waals surface area contributed by atoms with E-state index in [2.05, 4.69) is 4.72 Å². The number of hydrogen-bond donors (Lipinski definition) is 2. The highest BCUT2D eigenvalue weighted by Gasteiger charge is 2.26. The van der Waals surface area contributed by atoms with E-state index in [-0.39, 0.29) is 21.5 Å². The van der Waals surface area contributed by atoms with E-state index < -0.39 is 16.1 Å². The fourth-order valence-electron chi connectivity index (χ4n) is 1.88. The third-order valence-corrected chi connectivity index (χ3v) is 5.04. The second-order valence-electron chi connectivity index (χ2n) is 4.54. The number of nitrogen functional groups attached to an aromatic ring is 1. The number of anilines is 1. The van der Waals surface area contributed by atoms with Crippen LogP contribution < -0.4 is 10.5 Å². The first kappa shape index (κ1) is 17.7. The number of amides is 1. The van der Waals surface area contributed by atoms with Gasteiger partial charge in [-0.1, -0.05) is 11.6 Å². The van der Waals surface area contributed by atoms with Crippen LogP contribution in [0.4, 0.5) is 5.69 Å². The van der Waals surface area contributed by atoms with E-state index in [1.54, 1.807) is 4.90 Å². The monoisotopic (exact) mass is 333 g/mol. The molecule has 0 aromatic heterocycles. The van der Waals surface area contributed by atoms with Crippen molar-refractivity contribution in [2.75, 3.05) is 18.8 Å². The predicted octanol–water partition coefficient (Wildman–Crippen LogP) is 1.46. The lowest BCUT2D eigenvalue weighted by molar-refractivity contribution is -0.132. The second kappa shape index (κ2) is 7.11. The van der Waals surface area contributed by atoms with Gasteiger partial charge in [-0.25, -0.2) is 8.42 Å². The van der Waals surface area contributed by atoms with Crippen LogP contribution in [0.25, 0.3) is 0 Å². The first-order valence-electron chi connectivity index (χ1n) is 6.59. The first-order valence-corrected chi connectivity index (χ1v) is 8.45. The van der Waals surface area contributed by atoms with Gasteiger partial charge in [0.05, 0.1) is 11.1 Å². The highest BCUT2D eigenvalue weighted by molar-refractivity contribution is 7.89. The number of sulfonamides is 1. The van der Waals surface area contributed by atoms with Gasteiger partial charge in [-0.2, -0.15) is 4.72 Å². The van der Waals surface area contributed by atoms with Gasteiger partial charge in [0.2, 0.25) is 15.9 Å². The lowest BCUT2D eigenvalue weighted by Crippen LogP contribution is -2.46. The van der Waals surface area contributed by atoms with Crippen molar-refractivity contribution < 1.29 is 13.2 Å². The standard InChI is InChI=1S/C13H20ClN3O3S/c1-4-17(5-2)13(18)9(3)16-21(19,20)12-8-10(15)6-7-11(12)14/h6-9,16H,4-5,15H2,1-3H3. The Hall–Kier alpha value is -1.31. The average molecular weight is 334 g/mol. The molecule has 1 atom stereocenters. The van der Waals surface area contributed by atoms with Crippen molar-refractivity contribution in [2.45, 2.75) is 31.7 Å². The Morgan fingerprint density at radius 1 is 1.38 bits per heavy atom. The molecule has 0 aliphatic heterocycles. The summed E-state index contributed by atoms with van der Waals surface area (Å²) in [6.07, 6.45) is 0. The summed E-state index contributed by atoms with van der Waals surface area (Å²) in [5.74, 6) is -0.288. The van der Waals surface area contributed by atoms with Crippen molar-refractivity contribution >= 4 is 33.2 Å². The van der Waals surface area contributed by atoms with Crippen LogP contribution in [0.5, 0.6) is 0 Å². The van der Waals surface area contributed by atoms with Crippen LogP contribution in [-0.4, -0.2) is 38.4 Å². The minimum Gasteiger partial charge on any atom is -0.399 e. The lowest BCUT2D eigenvalue weighted by atomic mass is 10.3. The van der Waals surface area contributed by atoms with Gasteiger partial charge in [-0.3, -0.25) is 4.79 Å². The smallest absolute Gasteiger partial charge is 0.242 e. The van der Waals surface area contributed by atoms with Gasteiger partial charge in [-0.15, -0.1) is 0 Å². The Kier molecular flexibility index (Phi) is 6.00. The van der Waals surface area contributed by atoms with Crippen molar-refractivity contribution in [1.82, 2.24) is 9.62 Å². The highest BCUT2D eigenvalue weighted by atomic mass is 35.5. The minimum atomic E-state index is -3.92. The van der Waals surface area contributed by atoms with E-state index in [9.17, 15) is 13.2 Å². The lowest BCUT2D eigenvalue weighted by Gasteiger charge is -2.23. The van der Waals surface area contributed by atoms with Crippen molar-refractivity contribution in [3.8, 4) is 0 Å². The number of carbonyl (C=O) groups excluding carboxylic acids is 1. The average Bonchev–Trinajstić information content (AvgIpc) is 2.42. The molecule has 118 valence electrons. The zero-order valence-corrected chi connectivity index (χ0v) is 13.8. The van der Waals surface area contributed by atoms with E-state index in [0.717, 1.165) is 0 Å². The predicted molar refractivity (Wildman–Crippen MR) is 83.6 cm³/mol. The van der Waals surface area contributed by atoms with Gasteiger partial charge in [-0.05, 0) is 39.0 Å². The molecule has 8 heteroatoms. The number of benzene rings is 1. The van der Waals surface area contributed by atoms with E-state index in [0.29, 0.717) is 13.1 Å². The molecule has 6 nitrogen and oxygen atoms in total. The molecule has 0 heterocycles. The van der Waals surface area contributed by atoms with Gasteiger partial charge < -0.3 is 10.6 Å². The quantitative estimate of drug-likeness (QED) is 0.771. The molecule has 0 spiro atoms. The van der Waals surface area contributed by atoms with Gasteiger partial charge in [0, 0.05) is 18.8 Å². The molecule has 0 bridgehead atoms. The molecule has 0 radical (unpaired) electrons. The minimum absolute atomic E-state index is 0.0548. The maximum Gasteiger partial charge on any atom is 0.242 e. The van der Waals surface area contributed by atoms with Crippen molar-refractivity contribution in [3.05, 3.63) is 23.2 Å². The Morgan fingerprint density at radius 2 is 1.95 bits per heavy atom. The molecule has 0 saturated carbocycles. The van der Waals surface area contributed by atoms with Gasteiger partial charge >= 0.3 is 0 Å². The maximum atomic E-state index is 12.3. The molecule has 1 rings (SSSR count). The van der Waals surface area contributed by atoms with E-state index in [1.807, 2.05) is 13.8 Å². The molecule has 1 unspecified atom stereocenters. The summed E-state index contributed by atoms with van der Waals surface area (Å²) in [5, 5.41) is 0.0548. The fraction of sp³-hybridized carbons (Fsp3) is 0.462. The normalized spacial score (nSPS) is 13.0. The van der Waals surface area contributed by atoms with E-state index >= 15 is 0 Å². The number of halogens is 1. The number of nitrogens with two attached hydrogens (primary N) is 1.